The van der Waals surface area contributed by atoms with Crippen molar-refractivity contribution in [2.75, 3.05) is 17.2 Å². The van der Waals surface area contributed by atoms with Gasteiger partial charge in [0, 0.05) is 10.6 Å². The minimum atomic E-state index is -0.421. The Labute approximate surface area is 184 Å². The monoisotopic (exact) mass is 437 g/mol. The zero-order valence-electron chi connectivity index (χ0n) is 16.4. The number of anilines is 2. The normalized spacial score (nSPS) is 10.2. The van der Waals surface area contributed by atoms with Gasteiger partial charge in [0.05, 0.1) is 17.8 Å². The number of hydrogen-bond acceptors (Lipinski definition) is 4. The molecule has 0 unspecified atom stereocenters. The molecule has 0 heterocycles. The first-order valence-electron chi connectivity index (χ1n) is 9.36. The molecule has 8 heteroatoms. The highest BCUT2D eigenvalue weighted by Crippen LogP contribution is 2.22. The van der Waals surface area contributed by atoms with Gasteiger partial charge in [-0.05, 0) is 54.1 Å². The third kappa shape index (κ3) is 6.58. The molecule has 0 aliphatic heterocycles. The summed E-state index contributed by atoms with van der Waals surface area (Å²) in [6, 6.07) is 20.1. The van der Waals surface area contributed by atoms with Gasteiger partial charge in [-0.2, -0.15) is 0 Å². The van der Waals surface area contributed by atoms with E-state index in [-0.39, 0.29) is 18.9 Å². The molecule has 7 nitrogen and oxygen atoms in total. The van der Waals surface area contributed by atoms with Gasteiger partial charge in [0.1, 0.15) is 5.75 Å². The number of nitrogens with two attached hydrogens (primary N) is 1. The number of nitrogens with one attached hydrogen (secondary N) is 2. The van der Waals surface area contributed by atoms with E-state index in [1.54, 1.807) is 72.8 Å². The first-order chi connectivity index (χ1) is 14.9. The molecule has 0 saturated carbocycles. The lowest BCUT2D eigenvalue weighted by molar-refractivity contribution is -0.118. The number of primary amides is 1. The van der Waals surface area contributed by atoms with E-state index >= 15 is 0 Å². The molecule has 0 aliphatic carbocycles. The minimum Gasteiger partial charge on any atom is -0.484 e. The van der Waals surface area contributed by atoms with Gasteiger partial charge >= 0.3 is 0 Å². The number of ether oxygens (including phenoxy) is 1. The molecule has 0 radical (unpaired) electrons. The van der Waals surface area contributed by atoms with Crippen molar-refractivity contribution in [2.24, 2.45) is 5.73 Å². The fourth-order valence-electron chi connectivity index (χ4n) is 2.74. The second-order valence-corrected chi connectivity index (χ2v) is 7.07. The van der Waals surface area contributed by atoms with Gasteiger partial charge in [0.2, 0.25) is 5.91 Å². The molecule has 3 aromatic rings. The van der Waals surface area contributed by atoms with Gasteiger partial charge in [-0.15, -0.1) is 0 Å². The summed E-state index contributed by atoms with van der Waals surface area (Å²) in [6.45, 7) is -0.228. The molecule has 0 fully saturated rings. The smallest absolute Gasteiger partial charge is 0.262 e. The Hall–Kier alpha value is -3.84. The maximum atomic E-state index is 12.4. The highest BCUT2D eigenvalue weighted by Gasteiger charge is 2.11. The Kier molecular flexibility index (Phi) is 7.24. The van der Waals surface area contributed by atoms with Crippen LogP contribution >= 0.6 is 11.6 Å². The standard InChI is InChI=1S/C23H20ClN3O4/c24-17-9-7-16(8-10-17)23(30)27-20-4-2-1-3-19(20)26-22(29)14-31-18-11-5-15(6-12-18)13-21(25)28/h1-12H,13-14H2,(H2,25,28)(H,26,29)(H,27,30). The summed E-state index contributed by atoms with van der Waals surface area (Å²) in [5.41, 5.74) is 7.25. The number of carbonyl (C=O) groups is 3. The van der Waals surface area contributed by atoms with Crippen LogP contribution in [0.25, 0.3) is 0 Å². The molecule has 3 rings (SSSR count). The van der Waals surface area contributed by atoms with Crippen molar-refractivity contribution in [3.05, 3.63) is 88.9 Å². The van der Waals surface area contributed by atoms with Gasteiger partial charge < -0.3 is 21.1 Å². The van der Waals surface area contributed by atoms with Crippen molar-refractivity contribution in [3.8, 4) is 5.75 Å². The van der Waals surface area contributed by atoms with Gasteiger partial charge in [-0.3, -0.25) is 14.4 Å². The zero-order chi connectivity index (χ0) is 22.2. The molecule has 0 saturated heterocycles. The maximum Gasteiger partial charge on any atom is 0.262 e. The first kappa shape index (κ1) is 21.9. The molecule has 0 aromatic heterocycles. The summed E-state index contributed by atoms with van der Waals surface area (Å²) >= 11 is 5.85. The Morgan fingerprint density at radius 1 is 0.839 bits per heavy atom. The third-order valence-corrected chi connectivity index (χ3v) is 4.48. The van der Waals surface area contributed by atoms with Crippen LogP contribution in [0.4, 0.5) is 11.4 Å². The van der Waals surface area contributed by atoms with Crippen LogP contribution in [0.2, 0.25) is 5.02 Å². The first-order valence-corrected chi connectivity index (χ1v) is 9.74. The van der Waals surface area contributed by atoms with Crippen molar-refractivity contribution < 1.29 is 19.1 Å². The van der Waals surface area contributed by atoms with Crippen LogP contribution in [-0.4, -0.2) is 24.3 Å². The van der Waals surface area contributed by atoms with Crippen LogP contribution in [0.15, 0.2) is 72.8 Å². The summed E-state index contributed by atoms with van der Waals surface area (Å²) in [4.78, 5) is 35.7. The molecule has 4 N–H and O–H groups in total. The molecule has 0 aliphatic rings. The highest BCUT2D eigenvalue weighted by molar-refractivity contribution is 6.30. The van der Waals surface area contributed by atoms with Crippen molar-refractivity contribution in [1.82, 2.24) is 0 Å². The number of amides is 3. The number of hydrogen-bond donors (Lipinski definition) is 3. The van der Waals surface area contributed by atoms with E-state index in [4.69, 9.17) is 22.1 Å². The van der Waals surface area contributed by atoms with Gasteiger partial charge in [0.15, 0.2) is 6.61 Å². The lowest BCUT2D eigenvalue weighted by atomic mass is 10.1. The molecule has 3 amide bonds. The predicted molar refractivity (Wildman–Crippen MR) is 119 cm³/mol. The summed E-state index contributed by atoms with van der Waals surface area (Å²) in [6.07, 6.45) is 0.138. The molecular weight excluding hydrogens is 418 g/mol. The van der Waals surface area contributed by atoms with E-state index in [1.807, 2.05) is 0 Å². The summed E-state index contributed by atoms with van der Waals surface area (Å²) in [7, 11) is 0. The second kappa shape index (κ2) is 10.3. The van der Waals surface area contributed by atoms with E-state index < -0.39 is 11.8 Å². The van der Waals surface area contributed by atoms with Crippen LogP contribution in [0.5, 0.6) is 5.75 Å². The number of benzene rings is 3. The lowest BCUT2D eigenvalue weighted by Gasteiger charge is -2.13. The molecule has 0 bridgehead atoms. The van der Waals surface area contributed by atoms with Crippen LogP contribution < -0.4 is 21.1 Å². The molecule has 0 atom stereocenters. The Balaban J connectivity index is 1.58. The average Bonchev–Trinajstić information content (AvgIpc) is 2.74. The van der Waals surface area contributed by atoms with E-state index in [9.17, 15) is 14.4 Å². The van der Waals surface area contributed by atoms with Crippen LogP contribution in [0.3, 0.4) is 0 Å². The second-order valence-electron chi connectivity index (χ2n) is 6.63. The van der Waals surface area contributed by atoms with Crippen LogP contribution in [0.1, 0.15) is 15.9 Å². The molecule has 3 aromatic carbocycles. The van der Waals surface area contributed by atoms with Crippen molar-refractivity contribution in [3.63, 3.8) is 0 Å². The minimum absolute atomic E-state index is 0.138. The SMILES string of the molecule is NC(=O)Cc1ccc(OCC(=O)Nc2ccccc2NC(=O)c2ccc(Cl)cc2)cc1. The van der Waals surface area contributed by atoms with Crippen molar-refractivity contribution >= 4 is 40.7 Å². The number of carbonyl (C=O) groups excluding carboxylic acids is 3. The third-order valence-electron chi connectivity index (χ3n) is 4.23. The van der Waals surface area contributed by atoms with Gasteiger partial charge in [-0.25, -0.2) is 0 Å². The van der Waals surface area contributed by atoms with E-state index in [0.717, 1.165) is 5.56 Å². The zero-order valence-corrected chi connectivity index (χ0v) is 17.2. The fourth-order valence-corrected chi connectivity index (χ4v) is 2.86. The maximum absolute atomic E-state index is 12.4. The van der Waals surface area contributed by atoms with Gasteiger partial charge in [-0.1, -0.05) is 35.9 Å². The summed E-state index contributed by atoms with van der Waals surface area (Å²) in [5.74, 6) is -0.664. The molecular formula is C23H20ClN3O4. The molecule has 31 heavy (non-hydrogen) atoms. The average molecular weight is 438 g/mol. The van der Waals surface area contributed by atoms with E-state index in [2.05, 4.69) is 10.6 Å². The largest absolute Gasteiger partial charge is 0.484 e. The van der Waals surface area contributed by atoms with Crippen molar-refractivity contribution in [1.29, 1.82) is 0 Å². The number of para-hydroxylation sites is 2. The summed E-state index contributed by atoms with van der Waals surface area (Å²) in [5, 5.41) is 6.03. The number of halogens is 1. The molecule has 158 valence electrons. The Morgan fingerprint density at radius 2 is 1.45 bits per heavy atom. The van der Waals surface area contributed by atoms with Crippen LogP contribution in [-0.2, 0) is 16.0 Å². The summed E-state index contributed by atoms with van der Waals surface area (Å²) < 4.78 is 5.47. The van der Waals surface area contributed by atoms with Crippen molar-refractivity contribution in [2.45, 2.75) is 6.42 Å². The Morgan fingerprint density at radius 3 is 2.06 bits per heavy atom. The van der Waals surface area contributed by atoms with Crippen LogP contribution in [0, 0.1) is 0 Å². The molecule has 0 spiro atoms. The highest BCUT2D eigenvalue weighted by atomic mass is 35.5. The predicted octanol–water partition coefficient (Wildman–Crippen LogP) is 3.64. The van der Waals surface area contributed by atoms with E-state index in [0.29, 0.717) is 27.7 Å². The van der Waals surface area contributed by atoms with E-state index in [1.165, 1.54) is 0 Å². The quantitative estimate of drug-likeness (QED) is 0.499. The Bertz CT molecular complexity index is 1080. The lowest BCUT2D eigenvalue weighted by Crippen LogP contribution is -2.21. The van der Waals surface area contributed by atoms with Gasteiger partial charge in [0.25, 0.3) is 11.8 Å². The topological polar surface area (TPSA) is 111 Å². The fraction of sp³-hybridized carbons (Fsp3) is 0.0870. The number of rotatable bonds is 8.